The highest BCUT2D eigenvalue weighted by molar-refractivity contribution is 8.00. The fourth-order valence-corrected chi connectivity index (χ4v) is 6.99. The number of thioether (sulfide) groups is 1. The number of hydrogen-bond donors (Lipinski definition) is 3. The van der Waals surface area contributed by atoms with E-state index >= 15 is 0 Å². The van der Waals surface area contributed by atoms with Gasteiger partial charge in [0.25, 0.3) is 0 Å². The average Bonchev–Trinajstić information content (AvgIpc) is 3.32. The van der Waals surface area contributed by atoms with Crippen molar-refractivity contribution in [3.05, 3.63) is 50.9 Å². The number of aryl methyl sites for hydroxylation is 1. The molecule has 3 unspecified atom stereocenters. The summed E-state index contributed by atoms with van der Waals surface area (Å²) in [4.78, 5) is 14.5. The summed E-state index contributed by atoms with van der Waals surface area (Å²) in [5.74, 6) is 1.55. The molecule has 3 aliphatic rings. The number of aromatic nitrogens is 5. The van der Waals surface area contributed by atoms with E-state index in [9.17, 15) is 5.11 Å². The molecule has 0 aromatic carbocycles. The van der Waals surface area contributed by atoms with Gasteiger partial charge in [-0.2, -0.15) is 10.1 Å². The van der Waals surface area contributed by atoms with E-state index in [4.69, 9.17) is 15.6 Å². The summed E-state index contributed by atoms with van der Waals surface area (Å²) in [7, 11) is 1.73. The molecule has 1 fully saturated rings. The molecule has 4 N–H and O–H groups in total. The minimum absolute atomic E-state index is 0.185. The molecule has 1 saturated carbocycles. The van der Waals surface area contributed by atoms with E-state index in [0.29, 0.717) is 24.0 Å². The molecule has 182 valence electrons. The maximum absolute atomic E-state index is 10.9. The first kappa shape index (κ1) is 22.6. The number of methoxy groups -OCH3 is 1. The van der Waals surface area contributed by atoms with Crippen molar-refractivity contribution in [2.75, 3.05) is 18.2 Å². The Morgan fingerprint density at radius 2 is 2.11 bits per heavy atom. The Balaban J connectivity index is 1.35. The number of ether oxygens (including phenoxy) is 1. The van der Waals surface area contributed by atoms with Gasteiger partial charge in [0, 0.05) is 23.4 Å². The number of thiazole rings is 1. The predicted molar refractivity (Wildman–Crippen MR) is 138 cm³/mol. The minimum Gasteiger partial charge on any atom is -0.496 e. The Morgan fingerprint density at radius 1 is 1.29 bits per heavy atom. The van der Waals surface area contributed by atoms with Crippen LogP contribution >= 0.6 is 23.1 Å². The molecule has 0 amide bonds. The van der Waals surface area contributed by atoms with E-state index in [0.717, 1.165) is 50.0 Å². The van der Waals surface area contributed by atoms with Gasteiger partial charge in [0.1, 0.15) is 17.0 Å². The normalized spacial score (nSPS) is 22.1. The molecule has 6 rings (SSSR count). The highest BCUT2D eigenvalue weighted by Crippen LogP contribution is 2.49. The molecule has 35 heavy (non-hydrogen) atoms. The number of aliphatic hydroxyl groups is 1. The predicted octanol–water partition coefficient (Wildman–Crippen LogP) is 3.82. The lowest BCUT2D eigenvalue weighted by Gasteiger charge is -2.25. The lowest BCUT2D eigenvalue weighted by atomic mass is 10.0. The third kappa shape index (κ3) is 3.91. The highest BCUT2D eigenvalue weighted by Gasteiger charge is 2.38. The Bertz CT molecular complexity index is 1450. The molecule has 0 saturated heterocycles. The molecule has 9 nitrogen and oxygen atoms in total. The first-order valence-electron chi connectivity index (χ1n) is 11.5. The first-order valence-corrected chi connectivity index (χ1v) is 13.2. The number of allylic oxidation sites excluding steroid dienone is 5. The largest absolute Gasteiger partial charge is 0.496 e. The van der Waals surface area contributed by atoms with Gasteiger partial charge in [0.15, 0.2) is 10.8 Å². The fraction of sp³-hybridized carbons (Fsp3) is 0.417. The number of anilines is 2. The molecule has 3 aromatic heterocycles. The van der Waals surface area contributed by atoms with Crippen molar-refractivity contribution < 1.29 is 9.84 Å². The van der Waals surface area contributed by atoms with Crippen LogP contribution in [0.3, 0.4) is 0 Å². The second-order valence-corrected chi connectivity index (χ2v) is 11.7. The van der Waals surface area contributed by atoms with Crippen molar-refractivity contribution in [2.45, 2.75) is 56.7 Å². The molecule has 0 radical (unpaired) electrons. The summed E-state index contributed by atoms with van der Waals surface area (Å²) in [6.45, 7) is 6.82. The average molecular weight is 510 g/mol. The summed E-state index contributed by atoms with van der Waals surface area (Å²) in [6, 6.07) is 0. The van der Waals surface area contributed by atoms with Crippen LogP contribution in [0.1, 0.15) is 30.8 Å². The van der Waals surface area contributed by atoms with Crippen molar-refractivity contribution in [2.24, 2.45) is 5.92 Å². The maximum atomic E-state index is 10.9. The zero-order valence-corrected chi connectivity index (χ0v) is 21.6. The monoisotopic (exact) mass is 509 g/mol. The van der Waals surface area contributed by atoms with Crippen LogP contribution in [0.5, 0.6) is 0 Å². The summed E-state index contributed by atoms with van der Waals surface area (Å²) < 4.78 is 7.69. The summed E-state index contributed by atoms with van der Waals surface area (Å²) in [5, 5.41) is 21.2. The maximum Gasteiger partial charge on any atom is 0.223 e. The van der Waals surface area contributed by atoms with Gasteiger partial charge < -0.3 is 20.9 Å². The zero-order valence-electron chi connectivity index (χ0n) is 20.0. The lowest BCUT2D eigenvalue weighted by molar-refractivity contribution is 0.199. The smallest absolute Gasteiger partial charge is 0.223 e. The van der Waals surface area contributed by atoms with Gasteiger partial charge in [0.05, 0.1) is 30.0 Å². The quantitative estimate of drug-likeness (QED) is 0.336. The standard InChI is InChI=1S/C24H27N7O2S2/c1-10-5-13-6-14(13)15(12(3)19(10)33-4)9-31-20-18-16(30-31)7-17(35-22(18)29-23(25)27-20)21(32)28-24-26-8-11(2)34-24/h5,8,14,17,21,32H,6-7,9H2,1-4H3,(H,26,28)(H2,25,27,29). The number of rotatable bonds is 6. The van der Waals surface area contributed by atoms with Gasteiger partial charge in [-0.05, 0) is 43.9 Å². The van der Waals surface area contributed by atoms with Crippen molar-refractivity contribution >= 4 is 45.2 Å². The molecule has 0 spiro atoms. The summed E-state index contributed by atoms with van der Waals surface area (Å²) >= 11 is 3.02. The van der Waals surface area contributed by atoms with Gasteiger partial charge in [-0.3, -0.25) is 0 Å². The number of nitrogens with zero attached hydrogens (tertiary/aromatic N) is 5. The number of nitrogens with two attached hydrogens (primary N) is 1. The Kier molecular flexibility index (Phi) is 5.39. The summed E-state index contributed by atoms with van der Waals surface area (Å²) in [5.41, 5.74) is 12.8. The molecule has 11 heteroatoms. The molecule has 0 bridgehead atoms. The van der Waals surface area contributed by atoms with Crippen LogP contribution in [0, 0.1) is 12.8 Å². The Labute approximate surface area is 211 Å². The molecular formula is C24H27N7O2S2. The third-order valence-electron chi connectivity index (χ3n) is 6.81. The highest BCUT2D eigenvalue weighted by atomic mass is 32.2. The second-order valence-electron chi connectivity index (χ2n) is 9.26. The van der Waals surface area contributed by atoms with Gasteiger partial charge in [-0.25, -0.2) is 14.6 Å². The SMILES string of the molecule is COC1=C(C)C=C2CC2C(Cn2nc3c4c(nc(N)nc42)SC(C(O)Nc2ncc(C)s2)C3)=C1C. The van der Waals surface area contributed by atoms with Crippen LogP contribution in [0.4, 0.5) is 11.1 Å². The number of fused-ring (bicyclic) bond motifs is 1. The first-order chi connectivity index (χ1) is 16.8. The van der Waals surface area contributed by atoms with Gasteiger partial charge in [-0.1, -0.05) is 23.4 Å². The van der Waals surface area contributed by atoms with Gasteiger partial charge >= 0.3 is 0 Å². The lowest BCUT2D eigenvalue weighted by Crippen LogP contribution is -2.34. The molecule has 3 aromatic rings. The number of nitrogens with one attached hydrogen (secondary N) is 1. The topological polar surface area (TPSA) is 124 Å². The molecule has 2 aliphatic carbocycles. The van der Waals surface area contributed by atoms with E-state index < -0.39 is 6.23 Å². The Hall–Kier alpha value is -2.89. The van der Waals surface area contributed by atoms with Crippen molar-refractivity contribution in [1.82, 2.24) is 24.7 Å². The molecule has 1 aliphatic heterocycles. The number of aliphatic hydroxyl groups excluding tert-OH is 1. The van der Waals surface area contributed by atoms with Gasteiger partial charge in [0.2, 0.25) is 5.95 Å². The second kappa shape index (κ2) is 8.35. The van der Waals surface area contributed by atoms with Crippen molar-refractivity contribution in [3.63, 3.8) is 0 Å². The third-order valence-corrected chi connectivity index (χ3v) is 8.90. The van der Waals surface area contributed by atoms with Crippen molar-refractivity contribution in [1.29, 1.82) is 0 Å². The molecule has 3 atom stereocenters. The molecule has 4 heterocycles. The van der Waals surface area contributed by atoms with E-state index in [2.05, 4.69) is 40.2 Å². The van der Waals surface area contributed by atoms with Crippen LogP contribution in [-0.2, 0) is 17.7 Å². The molecular weight excluding hydrogens is 482 g/mol. The van der Waals surface area contributed by atoms with Crippen LogP contribution < -0.4 is 11.1 Å². The number of hydrogen-bond acceptors (Lipinski definition) is 10. The Morgan fingerprint density at radius 3 is 2.86 bits per heavy atom. The van der Waals surface area contributed by atoms with Gasteiger partial charge in [-0.15, -0.1) is 11.3 Å². The van der Waals surface area contributed by atoms with Crippen molar-refractivity contribution in [3.8, 4) is 0 Å². The number of nitrogen functional groups attached to an aromatic ring is 1. The minimum atomic E-state index is -0.807. The zero-order chi connectivity index (χ0) is 24.4. The summed E-state index contributed by atoms with van der Waals surface area (Å²) in [6.07, 6.45) is 4.89. The van der Waals surface area contributed by atoms with Crippen LogP contribution in [0.25, 0.3) is 11.0 Å². The van der Waals surface area contributed by atoms with E-state index in [1.165, 1.54) is 34.2 Å². The van der Waals surface area contributed by atoms with E-state index in [1.807, 2.05) is 11.6 Å². The van der Waals surface area contributed by atoms with E-state index in [1.54, 1.807) is 13.3 Å². The van der Waals surface area contributed by atoms with Crippen LogP contribution in [0.15, 0.2) is 45.4 Å². The van der Waals surface area contributed by atoms with E-state index in [-0.39, 0.29) is 11.2 Å². The fourth-order valence-electron chi connectivity index (χ4n) is 5.09. The van der Waals surface area contributed by atoms with Crippen LogP contribution in [0.2, 0.25) is 0 Å². The van der Waals surface area contributed by atoms with Crippen LogP contribution in [-0.4, -0.2) is 48.4 Å².